The molecule has 1 aliphatic heterocycles. The van der Waals surface area contributed by atoms with E-state index in [1.807, 2.05) is 31.2 Å². The lowest BCUT2D eigenvalue weighted by atomic mass is 10.2. The van der Waals surface area contributed by atoms with E-state index in [0.717, 1.165) is 41.8 Å². The van der Waals surface area contributed by atoms with E-state index in [-0.39, 0.29) is 11.9 Å². The van der Waals surface area contributed by atoms with Crippen LogP contribution in [0.25, 0.3) is 0 Å². The molecule has 1 fully saturated rings. The first-order chi connectivity index (χ1) is 9.97. The predicted octanol–water partition coefficient (Wildman–Crippen LogP) is -0.372. The van der Waals surface area contributed by atoms with Gasteiger partial charge in [0, 0.05) is 10.7 Å². The Kier molecular flexibility index (Phi) is 5.03. The molecule has 4 N–H and O–H groups in total. The van der Waals surface area contributed by atoms with E-state index in [0.29, 0.717) is 0 Å². The van der Waals surface area contributed by atoms with Crippen molar-refractivity contribution in [1.29, 1.82) is 0 Å². The number of imide groups is 1. The molecule has 0 aliphatic carbocycles. The lowest BCUT2D eigenvalue weighted by Crippen LogP contribution is -3.19. The zero-order chi connectivity index (χ0) is 15.4. The molecule has 1 aromatic carbocycles. The van der Waals surface area contributed by atoms with Crippen molar-refractivity contribution in [2.45, 2.75) is 13.0 Å². The summed E-state index contributed by atoms with van der Waals surface area (Å²) in [6, 6.07) is 6.65. The van der Waals surface area contributed by atoms with E-state index in [1.54, 1.807) is 0 Å². The number of piperazine rings is 1. The van der Waals surface area contributed by atoms with E-state index >= 15 is 0 Å². The maximum atomic E-state index is 11.8. The molecule has 6 nitrogen and oxygen atoms in total. The second-order valence-electron chi connectivity index (χ2n) is 5.20. The highest BCUT2D eigenvalue weighted by Gasteiger charge is 2.29. The summed E-state index contributed by atoms with van der Waals surface area (Å²) in [7, 11) is 0. The Morgan fingerprint density at radius 3 is 2.62 bits per heavy atom. The van der Waals surface area contributed by atoms with Crippen LogP contribution in [0.5, 0.6) is 0 Å². The Morgan fingerprint density at radius 2 is 2.05 bits per heavy atom. The van der Waals surface area contributed by atoms with Crippen molar-refractivity contribution in [2.24, 2.45) is 5.73 Å². The first-order valence-electron chi connectivity index (χ1n) is 6.93. The van der Waals surface area contributed by atoms with Gasteiger partial charge in [0.05, 0.1) is 26.2 Å². The smallest absolute Gasteiger partial charge is 0.319 e. The van der Waals surface area contributed by atoms with E-state index in [9.17, 15) is 9.59 Å². The quantitative estimate of drug-likeness (QED) is 0.712. The Bertz CT molecular complexity index is 529. The molecule has 0 radical (unpaired) electrons. The van der Waals surface area contributed by atoms with Crippen molar-refractivity contribution >= 4 is 29.2 Å². The molecule has 0 unspecified atom stereocenters. The first-order valence-corrected chi connectivity index (χ1v) is 7.30. The summed E-state index contributed by atoms with van der Waals surface area (Å²) in [4.78, 5) is 25.9. The van der Waals surface area contributed by atoms with Gasteiger partial charge < -0.3 is 15.5 Å². The Morgan fingerprint density at radius 1 is 1.38 bits per heavy atom. The number of urea groups is 1. The molecule has 1 saturated heterocycles. The Hall–Kier alpha value is -1.79. The number of benzene rings is 1. The number of quaternary nitrogens is 1. The average molecular weight is 312 g/mol. The molecular weight excluding hydrogens is 292 g/mol. The molecule has 1 aliphatic rings. The number of nitrogens with zero attached hydrogens (tertiary/aromatic N) is 1. The standard InChI is InChI=1S/C14H19ClN4O2/c1-10(13(20)17-14(16)21)18-5-7-19(8-6-18)12-4-2-3-11(15)9-12/h2-4,9-10H,5-8H2,1H3,(H3,16,17,20,21)/p+1/t10-/m0/s1. The largest absolute Gasteiger partial charge is 0.360 e. The van der Waals surface area contributed by atoms with E-state index in [4.69, 9.17) is 17.3 Å². The zero-order valence-corrected chi connectivity index (χ0v) is 12.7. The van der Waals surface area contributed by atoms with E-state index < -0.39 is 6.03 Å². The summed E-state index contributed by atoms with van der Waals surface area (Å²) in [6.07, 6.45) is 0. The Balaban J connectivity index is 1.91. The number of amides is 3. The number of carbonyl (C=O) groups is 2. The van der Waals surface area contributed by atoms with Crippen LogP contribution in [-0.2, 0) is 4.79 Å². The highest BCUT2D eigenvalue weighted by molar-refractivity contribution is 6.30. The van der Waals surface area contributed by atoms with Crippen LogP contribution >= 0.6 is 11.6 Å². The van der Waals surface area contributed by atoms with Crippen LogP contribution in [0, 0.1) is 0 Å². The summed E-state index contributed by atoms with van der Waals surface area (Å²) in [5.74, 6) is -0.325. The molecule has 2 rings (SSSR count). The van der Waals surface area contributed by atoms with Crippen LogP contribution in [-0.4, -0.2) is 44.2 Å². The fourth-order valence-corrected chi connectivity index (χ4v) is 2.76. The number of anilines is 1. The number of primary amides is 1. The maximum absolute atomic E-state index is 11.8. The van der Waals surface area contributed by atoms with Gasteiger partial charge in [-0.15, -0.1) is 0 Å². The number of hydrogen-bond acceptors (Lipinski definition) is 3. The van der Waals surface area contributed by atoms with Crippen LogP contribution in [0.4, 0.5) is 10.5 Å². The van der Waals surface area contributed by atoms with Crippen LogP contribution in [0.2, 0.25) is 5.02 Å². The molecule has 3 amide bonds. The van der Waals surface area contributed by atoms with Gasteiger partial charge in [0.15, 0.2) is 6.04 Å². The number of halogens is 1. The van der Waals surface area contributed by atoms with E-state index in [2.05, 4.69) is 10.2 Å². The fraction of sp³-hybridized carbons (Fsp3) is 0.429. The Labute approximate surface area is 128 Å². The van der Waals surface area contributed by atoms with Crippen molar-refractivity contribution in [1.82, 2.24) is 5.32 Å². The third kappa shape index (κ3) is 4.09. The molecule has 7 heteroatoms. The average Bonchev–Trinajstić information content (AvgIpc) is 2.46. The molecule has 1 atom stereocenters. The monoisotopic (exact) mass is 311 g/mol. The van der Waals surface area contributed by atoms with Gasteiger partial charge >= 0.3 is 6.03 Å². The van der Waals surface area contributed by atoms with Gasteiger partial charge in [0.1, 0.15) is 0 Å². The lowest BCUT2D eigenvalue weighted by molar-refractivity contribution is -0.914. The minimum absolute atomic E-state index is 0.293. The van der Waals surface area contributed by atoms with Gasteiger partial charge in [0.2, 0.25) is 0 Å². The minimum atomic E-state index is -0.802. The van der Waals surface area contributed by atoms with Gasteiger partial charge in [-0.05, 0) is 25.1 Å². The molecule has 21 heavy (non-hydrogen) atoms. The van der Waals surface area contributed by atoms with Gasteiger partial charge in [-0.2, -0.15) is 0 Å². The number of nitrogens with two attached hydrogens (primary N) is 1. The van der Waals surface area contributed by atoms with Crippen molar-refractivity contribution in [2.75, 3.05) is 31.1 Å². The maximum Gasteiger partial charge on any atom is 0.319 e. The first kappa shape index (κ1) is 15.6. The third-order valence-electron chi connectivity index (χ3n) is 3.83. The molecule has 1 heterocycles. The van der Waals surface area contributed by atoms with Crippen molar-refractivity contribution in [3.8, 4) is 0 Å². The van der Waals surface area contributed by atoms with Crippen LogP contribution < -0.4 is 20.9 Å². The van der Waals surface area contributed by atoms with Crippen molar-refractivity contribution in [3.63, 3.8) is 0 Å². The lowest BCUT2D eigenvalue weighted by Gasteiger charge is -2.35. The highest BCUT2D eigenvalue weighted by atomic mass is 35.5. The zero-order valence-electron chi connectivity index (χ0n) is 11.9. The second kappa shape index (κ2) is 6.78. The normalized spacial score (nSPS) is 17.3. The van der Waals surface area contributed by atoms with Crippen LogP contribution in [0.3, 0.4) is 0 Å². The molecule has 114 valence electrons. The topological polar surface area (TPSA) is 79.9 Å². The SMILES string of the molecule is C[C@@H](C(=O)NC(N)=O)[NH+]1CCN(c2cccc(Cl)c2)CC1. The third-order valence-corrected chi connectivity index (χ3v) is 4.07. The summed E-state index contributed by atoms with van der Waals surface area (Å²) in [5, 5.41) is 2.86. The fourth-order valence-electron chi connectivity index (χ4n) is 2.57. The number of carbonyl (C=O) groups excluding carboxylic acids is 2. The van der Waals surface area contributed by atoms with Gasteiger partial charge in [-0.3, -0.25) is 10.1 Å². The number of hydrogen-bond donors (Lipinski definition) is 3. The number of rotatable bonds is 3. The summed E-state index contributed by atoms with van der Waals surface area (Å²) in [6.45, 7) is 5.12. The predicted molar refractivity (Wildman–Crippen MR) is 81.5 cm³/mol. The minimum Gasteiger partial charge on any atom is -0.360 e. The molecule has 0 bridgehead atoms. The van der Waals surface area contributed by atoms with Gasteiger partial charge in [0.25, 0.3) is 5.91 Å². The van der Waals surface area contributed by atoms with Crippen LogP contribution in [0.15, 0.2) is 24.3 Å². The molecule has 0 saturated carbocycles. The van der Waals surface area contributed by atoms with Gasteiger partial charge in [-0.1, -0.05) is 17.7 Å². The summed E-state index contributed by atoms with van der Waals surface area (Å²) >= 11 is 6.00. The summed E-state index contributed by atoms with van der Waals surface area (Å²) < 4.78 is 0. The van der Waals surface area contributed by atoms with Crippen molar-refractivity contribution < 1.29 is 14.5 Å². The molecular formula is C14H20ClN4O2+. The molecule has 0 aromatic heterocycles. The van der Waals surface area contributed by atoms with Gasteiger partial charge in [-0.25, -0.2) is 4.79 Å². The number of nitrogens with one attached hydrogen (secondary N) is 2. The van der Waals surface area contributed by atoms with Crippen LogP contribution in [0.1, 0.15) is 6.92 Å². The van der Waals surface area contributed by atoms with E-state index in [1.165, 1.54) is 0 Å². The second-order valence-corrected chi connectivity index (χ2v) is 5.64. The molecule has 1 aromatic rings. The molecule has 0 spiro atoms. The highest BCUT2D eigenvalue weighted by Crippen LogP contribution is 2.19. The summed E-state index contributed by atoms with van der Waals surface area (Å²) in [5.41, 5.74) is 6.07. The van der Waals surface area contributed by atoms with Crippen molar-refractivity contribution in [3.05, 3.63) is 29.3 Å².